The molecular weight excluding hydrogens is 475 g/mol. The van der Waals surface area contributed by atoms with E-state index in [1.165, 1.54) is 29.2 Å². The third kappa shape index (κ3) is 5.67. The number of nitrogens with one attached hydrogen (secondary N) is 1. The van der Waals surface area contributed by atoms with E-state index in [2.05, 4.69) is 20.4 Å². The first-order valence-corrected chi connectivity index (χ1v) is 11.3. The van der Waals surface area contributed by atoms with Crippen molar-refractivity contribution in [2.75, 3.05) is 18.5 Å². The zero-order valence-electron chi connectivity index (χ0n) is 18.9. The molecule has 2 amide bonds. The summed E-state index contributed by atoms with van der Waals surface area (Å²) in [6, 6.07) is 10.8. The van der Waals surface area contributed by atoms with Gasteiger partial charge in [0.2, 0.25) is 5.88 Å². The summed E-state index contributed by atoms with van der Waals surface area (Å²) >= 11 is 5.86. The number of aromatic nitrogens is 4. The Morgan fingerprint density at radius 3 is 2.80 bits per heavy atom. The van der Waals surface area contributed by atoms with E-state index in [9.17, 15) is 14.3 Å². The minimum absolute atomic E-state index is 0.0765. The molecule has 11 heteroatoms. The summed E-state index contributed by atoms with van der Waals surface area (Å²) < 4.78 is 20.9. The molecule has 0 aliphatic rings. The Balaban J connectivity index is 1.61. The number of aliphatic hydroxyl groups is 1. The Hall–Kier alpha value is -3.76. The second kappa shape index (κ2) is 11.1. The van der Waals surface area contributed by atoms with Crippen LogP contribution in [0.5, 0.6) is 5.88 Å². The van der Waals surface area contributed by atoms with E-state index in [0.29, 0.717) is 18.0 Å². The number of benzene rings is 2. The van der Waals surface area contributed by atoms with Crippen molar-refractivity contribution in [2.45, 2.75) is 26.1 Å². The van der Waals surface area contributed by atoms with Crippen LogP contribution in [0.4, 0.5) is 14.9 Å². The minimum atomic E-state index is -0.571. The van der Waals surface area contributed by atoms with Gasteiger partial charge in [0.05, 0.1) is 11.1 Å². The van der Waals surface area contributed by atoms with Gasteiger partial charge >= 0.3 is 6.03 Å². The minimum Gasteiger partial charge on any atom is -0.454 e. The van der Waals surface area contributed by atoms with E-state index in [4.69, 9.17) is 16.3 Å². The predicted octanol–water partition coefficient (Wildman–Crippen LogP) is 4.63. The highest BCUT2D eigenvalue weighted by Crippen LogP contribution is 2.32. The molecule has 0 bridgehead atoms. The standard InChI is InChI=1S/C24H24ClFN6O3/c1-16(32(9-4-10-33)24(34)30-17-7-8-22(26)21(25)11-17)20-12-28-23(19-6-3-2-5-18(19)20)35-15-31-14-27-13-29-31/h2-3,5-8,11-14,16,33H,4,9-10,15H2,1H3,(H,30,34). The SMILES string of the molecule is CC(c1cnc(OCn2cncn2)c2ccccc12)N(CCCO)C(=O)Nc1ccc(F)c(Cl)c1. The van der Waals surface area contributed by atoms with Gasteiger partial charge in [-0.3, -0.25) is 0 Å². The highest BCUT2D eigenvalue weighted by Gasteiger charge is 2.24. The molecule has 4 aromatic rings. The summed E-state index contributed by atoms with van der Waals surface area (Å²) in [7, 11) is 0. The van der Waals surface area contributed by atoms with E-state index >= 15 is 0 Å². The highest BCUT2D eigenvalue weighted by molar-refractivity contribution is 6.31. The van der Waals surface area contributed by atoms with E-state index in [1.807, 2.05) is 31.2 Å². The van der Waals surface area contributed by atoms with Crippen molar-refractivity contribution in [3.63, 3.8) is 0 Å². The average Bonchev–Trinajstić information content (AvgIpc) is 3.38. The first-order chi connectivity index (χ1) is 17.0. The van der Waals surface area contributed by atoms with Crippen LogP contribution in [0.3, 0.4) is 0 Å². The molecule has 9 nitrogen and oxygen atoms in total. The van der Waals surface area contributed by atoms with Crippen LogP contribution in [0, 0.1) is 5.82 Å². The number of carbonyl (C=O) groups excluding carboxylic acids is 1. The second-order valence-electron chi connectivity index (χ2n) is 7.78. The molecule has 0 aliphatic carbocycles. The fourth-order valence-electron chi connectivity index (χ4n) is 3.71. The lowest BCUT2D eigenvalue weighted by molar-refractivity contribution is 0.182. The molecule has 0 radical (unpaired) electrons. The number of halogens is 2. The van der Waals surface area contributed by atoms with Gasteiger partial charge in [-0.2, -0.15) is 5.10 Å². The third-order valence-corrected chi connectivity index (χ3v) is 5.79. The van der Waals surface area contributed by atoms with E-state index < -0.39 is 17.9 Å². The maximum absolute atomic E-state index is 13.5. The number of hydrogen-bond acceptors (Lipinski definition) is 6. The number of carbonyl (C=O) groups is 1. The van der Waals surface area contributed by atoms with Crippen LogP contribution in [-0.4, -0.2) is 48.9 Å². The van der Waals surface area contributed by atoms with E-state index in [0.717, 1.165) is 16.3 Å². The average molecular weight is 499 g/mol. The molecule has 0 saturated carbocycles. The van der Waals surface area contributed by atoms with Crippen molar-refractivity contribution < 1.29 is 19.0 Å². The molecule has 1 atom stereocenters. The molecule has 0 aliphatic heterocycles. The third-order valence-electron chi connectivity index (χ3n) is 5.50. The summed E-state index contributed by atoms with van der Waals surface area (Å²) in [5.74, 6) is -0.141. The topological polar surface area (TPSA) is 105 Å². The summed E-state index contributed by atoms with van der Waals surface area (Å²) in [4.78, 5) is 23.2. The largest absolute Gasteiger partial charge is 0.454 e. The molecule has 35 heavy (non-hydrogen) atoms. The van der Waals surface area contributed by atoms with Crippen molar-refractivity contribution >= 4 is 34.1 Å². The molecule has 0 fully saturated rings. The molecule has 4 rings (SSSR count). The van der Waals surface area contributed by atoms with Gasteiger partial charge in [0.1, 0.15) is 18.5 Å². The summed E-state index contributed by atoms with van der Waals surface area (Å²) in [6.07, 6.45) is 5.03. The number of aliphatic hydroxyl groups excluding tert-OH is 1. The second-order valence-corrected chi connectivity index (χ2v) is 8.19. The predicted molar refractivity (Wildman–Crippen MR) is 130 cm³/mol. The molecule has 0 spiro atoms. The fourth-order valence-corrected chi connectivity index (χ4v) is 3.89. The molecule has 2 heterocycles. The first-order valence-electron chi connectivity index (χ1n) is 10.9. The lowest BCUT2D eigenvalue weighted by Crippen LogP contribution is -2.38. The van der Waals surface area contributed by atoms with Crippen LogP contribution in [0.15, 0.2) is 61.3 Å². The van der Waals surface area contributed by atoms with Gasteiger partial charge in [-0.1, -0.05) is 29.8 Å². The van der Waals surface area contributed by atoms with E-state index in [-0.39, 0.29) is 24.9 Å². The van der Waals surface area contributed by atoms with E-state index in [1.54, 1.807) is 17.4 Å². The summed E-state index contributed by atoms with van der Waals surface area (Å²) in [6.45, 7) is 2.25. The van der Waals surface area contributed by atoms with Crippen molar-refractivity contribution in [3.8, 4) is 5.88 Å². The van der Waals surface area contributed by atoms with Crippen molar-refractivity contribution in [3.05, 3.63) is 77.7 Å². The number of fused-ring (bicyclic) bond motifs is 1. The fraction of sp³-hybridized carbons (Fsp3) is 0.250. The normalized spacial score (nSPS) is 11.9. The van der Waals surface area contributed by atoms with Crippen molar-refractivity contribution in [2.24, 2.45) is 0 Å². The Labute approximate surface area is 206 Å². The maximum atomic E-state index is 13.5. The Morgan fingerprint density at radius 2 is 2.09 bits per heavy atom. The Morgan fingerprint density at radius 1 is 1.29 bits per heavy atom. The molecule has 182 valence electrons. The van der Waals surface area contributed by atoms with Crippen LogP contribution < -0.4 is 10.1 Å². The molecular formula is C24H24ClFN6O3. The van der Waals surface area contributed by atoms with Crippen LogP contribution in [0.2, 0.25) is 5.02 Å². The molecule has 2 aromatic carbocycles. The van der Waals surface area contributed by atoms with Crippen LogP contribution in [0.25, 0.3) is 10.8 Å². The number of amides is 2. The maximum Gasteiger partial charge on any atom is 0.322 e. The number of rotatable bonds is 9. The lowest BCUT2D eigenvalue weighted by Gasteiger charge is -2.30. The van der Waals surface area contributed by atoms with Gasteiger partial charge in [0.15, 0.2) is 6.73 Å². The molecule has 1 unspecified atom stereocenters. The number of hydrogen-bond donors (Lipinski definition) is 2. The van der Waals surface area contributed by atoms with Crippen LogP contribution >= 0.6 is 11.6 Å². The Kier molecular flexibility index (Phi) is 7.74. The summed E-state index contributed by atoms with van der Waals surface area (Å²) in [5.41, 5.74) is 1.17. The molecule has 2 N–H and O–H groups in total. The zero-order chi connectivity index (χ0) is 24.8. The number of nitrogens with zero attached hydrogens (tertiary/aromatic N) is 5. The van der Waals surface area contributed by atoms with Gasteiger partial charge in [-0.25, -0.2) is 23.8 Å². The highest BCUT2D eigenvalue weighted by atomic mass is 35.5. The summed E-state index contributed by atoms with van der Waals surface area (Å²) in [5, 5.41) is 17.7. The lowest BCUT2D eigenvalue weighted by atomic mass is 10.0. The monoisotopic (exact) mass is 498 g/mol. The van der Waals surface area contributed by atoms with Crippen LogP contribution in [0.1, 0.15) is 24.9 Å². The number of urea groups is 1. The van der Waals surface area contributed by atoms with Crippen molar-refractivity contribution in [1.82, 2.24) is 24.6 Å². The zero-order valence-corrected chi connectivity index (χ0v) is 19.7. The smallest absolute Gasteiger partial charge is 0.322 e. The molecule has 0 saturated heterocycles. The Bertz CT molecular complexity index is 1300. The van der Waals surface area contributed by atoms with Gasteiger partial charge in [-0.05, 0) is 43.0 Å². The van der Waals surface area contributed by atoms with Crippen molar-refractivity contribution in [1.29, 1.82) is 0 Å². The van der Waals surface area contributed by atoms with Gasteiger partial charge in [-0.15, -0.1) is 0 Å². The molecule has 2 aromatic heterocycles. The first kappa shape index (κ1) is 24.4. The number of anilines is 1. The van der Waals surface area contributed by atoms with Gasteiger partial charge in [0.25, 0.3) is 0 Å². The van der Waals surface area contributed by atoms with Crippen LogP contribution in [-0.2, 0) is 6.73 Å². The van der Waals surface area contributed by atoms with Gasteiger partial charge in [0, 0.05) is 36.0 Å². The quantitative estimate of drug-likeness (QED) is 0.348. The number of ether oxygens (including phenoxy) is 1. The number of pyridine rings is 1. The van der Waals surface area contributed by atoms with Gasteiger partial charge < -0.3 is 20.1 Å².